The topological polar surface area (TPSA) is 151 Å². The standard InChI is InChI=1S/C46H50F3N5O6/c1-3-29-4-8-31(9-5-29)32-12-14-33(15-13-32)37-24-51-44(52-25-37)34-10-6-30(7-11-34)27-54(28-42(56)50-26-43(57)58)45(59)35-16-19-38(20-17-35)53-41(55)22-36-18-21-39(60-2)23-40(36)46(47,48)49/h6-7,10-11,14,16-21,23-25,29,31-32H,3-5,8-9,12-13,15,22,26-28H2,1-2H3,(H,50,56)(H,53,55)(H,57,58). The minimum atomic E-state index is -4.70. The molecule has 2 aliphatic rings. The highest BCUT2D eigenvalue weighted by Gasteiger charge is 2.34. The van der Waals surface area contributed by atoms with Crippen molar-refractivity contribution in [3.63, 3.8) is 0 Å². The third-order valence-electron chi connectivity index (χ3n) is 11.6. The molecule has 1 fully saturated rings. The highest BCUT2D eigenvalue weighted by Crippen LogP contribution is 2.42. The Hall–Kier alpha value is -6.05. The van der Waals surface area contributed by atoms with Crippen LogP contribution in [0.5, 0.6) is 5.75 Å². The lowest BCUT2D eigenvalue weighted by atomic mass is 9.71. The number of aromatic nitrogens is 2. The number of carbonyl (C=O) groups is 4. The summed E-state index contributed by atoms with van der Waals surface area (Å²) in [5.74, 6) is -0.133. The van der Waals surface area contributed by atoms with Crippen molar-refractivity contribution in [2.45, 2.75) is 77.4 Å². The number of benzene rings is 3. The van der Waals surface area contributed by atoms with Crippen molar-refractivity contribution in [1.82, 2.24) is 20.2 Å². The lowest BCUT2D eigenvalue weighted by Crippen LogP contribution is -2.41. The van der Waals surface area contributed by atoms with Gasteiger partial charge in [-0.2, -0.15) is 13.2 Å². The Bertz CT molecular complexity index is 2170. The number of rotatable bonds is 15. The summed E-state index contributed by atoms with van der Waals surface area (Å²) >= 11 is 0. The van der Waals surface area contributed by atoms with Gasteiger partial charge in [0.15, 0.2) is 5.82 Å². The number of carboxylic acids is 1. The van der Waals surface area contributed by atoms with Crippen LogP contribution in [-0.4, -0.2) is 63.9 Å². The van der Waals surface area contributed by atoms with E-state index in [1.54, 1.807) is 12.1 Å². The van der Waals surface area contributed by atoms with Gasteiger partial charge in [0.2, 0.25) is 11.8 Å². The molecule has 1 unspecified atom stereocenters. The molecular formula is C46H50F3N5O6. The van der Waals surface area contributed by atoms with E-state index in [4.69, 9.17) is 9.84 Å². The van der Waals surface area contributed by atoms with Crippen LogP contribution in [0.15, 0.2) is 85.2 Å². The van der Waals surface area contributed by atoms with Gasteiger partial charge in [0.1, 0.15) is 18.8 Å². The first kappa shape index (κ1) is 43.5. The molecule has 3 amide bonds. The predicted molar refractivity (Wildman–Crippen MR) is 221 cm³/mol. The third-order valence-corrected chi connectivity index (χ3v) is 11.6. The predicted octanol–water partition coefficient (Wildman–Crippen LogP) is 8.60. The smallest absolute Gasteiger partial charge is 0.416 e. The van der Waals surface area contributed by atoms with Crippen LogP contribution in [0.4, 0.5) is 18.9 Å². The zero-order chi connectivity index (χ0) is 42.8. The molecule has 4 aromatic rings. The minimum absolute atomic E-state index is 0.00349. The number of allylic oxidation sites excluding steroid dienone is 2. The number of methoxy groups -OCH3 is 1. The molecule has 6 rings (SSSR count). The number of carbonyl (C=O) groups excluding carboxylic acids is 3. The Kier molecular flexibility index (Phi) is 14.4. The van der Waals surface area contributed by atoms with Crippen molar-refractivity contribution < 1.29 is 42.2 Å². The molecule has 3 aromatic carbocycles. The van der Waals surface area contributed by atoms with Gasteiger partial charge in [-0.15, -0.1) is 0 Å². The molecule has 0 radical (unpaired) electrons. The molecule has 0 bridgehead atoms. The zero-order valence-electron chi connectivity index (χ0n) is 33.8. The first-order chi connectivity index (χ1) is 28.8. The van der Waals surface area contributed by atoms with Gasteiger partial charge in [-0.25, -0.2) is 9.97 Å². The summed E-state index contributed by atoms with van der Waals surface area (Å²) in [7, 11) is 1.25. The lowest BCUT2D eigenvalue weighted by molar-refractivity contribution is -0.138. The van der Waals surface area contributed by atoms with Gasteiger partial charge in [-0.1, -0.05) is 62.6 Å². The minimum Gasteiger partial charge on any atom is -0.497 e. The van der Waals surface area contributed by atoms with Gasteiger partial charge in [0, 0.05) is 41.3 Å². The fourth-order valence-corrected chi connectivity index (χ4v) is 8.20. The summed E-state index contributed by atoms with van der Waals surface area (Å²) in [6.45, 7) is 1.23. The summed E-state index contributed by atoms with van der Waals surface area (Å²) in [5, 5.41) is 13.9. The molecule has 11 nitrogen and oxygen atoms in total. The molecule has 1 atom stereocenters. The number of alkyl halides is 3. The molecule has 1 saturated carbocycles. The van der Waals surface area contributed by atoms with Crippen LogP contribution in [0.3, 0.4) is 0 Å². The largest absolute Gasteiger partial charge is 0.497 e. The molecule has 0 spiro atoms. The Morgan fingerprint density at radius 2 is 1.57 bits per heavy atom. The molecule has 0 saturated heterocycles. The van der Waals surface area contributed by atoms with Gasteiger partial charge in [-0.3, -0.25) is 19.2 Å². The second kappa shape index (κ2) is 19.8. The highest BCUT2D eigenvalue weighted by atomic mass is 19.4. The number of amides is 3. The number of aliphatic carboxylic acids is 1. The Morgan fingerprint density at radius 1 is 0.867 bits per heavy atom. The summed E-state index contributed by atoms with van der Waals surface area (Å²) in [6.07, 6.45) is 10.9. The number of ether oxygens (including phenoxy) is 1. The van der Waals surface area contributed by atoms with E-state index < -0.39 is 54.9 Å². The monoisotopic (exact) mass is 825 g/mol. The van der Waals surface area contributed by atoms with Gasteiger partial charge in [0.25, 0.3) is 5.91 Å². The molecule has 1 aromatic heterocycles. The number of halogens is 3. The SMILES string of the molecule is CCC1CCC(C2CC=C(c3cnc(-c4ccc(CN(CC(=O)NCC(=O)O)C(=O)c5ccc(NC(=O)Cc6ccc(OC)cc6C(F)(F)F)cc5)cc4)nc3)CC2)CC1. The molecule has 2 aliphatic carbocycles. The highest BCUT2D eigenvalue weighted by molar-refractivity contribution is 5.98. The number of nitrogens with one attached hydrogen (secondary N) is 2. The second-order valence-electron chi connectivity index (χ2n) is 15.6. The molecule has 14 heteroatoms. The fraction of sp³-hybridized carbons (Fsp3) is 0.391. The lowest BCUT2D eigenvalue weighted by Gasteiger charge is -2.35. The van der Waals surface area contributed by atoms with E-state index in [0.717, 1.165) is 47.8 Å². The number of carboxylic acid groups (broad SMARTS) is 1. The number of anilines is 1. The van der Waals surface area contributed by atoms with Crippen LogP contribution in [0.1, 0.15) is 90.9 Å². The van der Waals surface area contributed by atoms with Gasteiger partial charge in [0.05, 0.1) is 19.1 Å². The molecule has 0 aliphatic heterocycles. The average Bonchev–Trinajstić information content (AvgIpc) is 3.25. The van der Waals surface area contributed by atoms with Crippen LogP contribution < -0.4 is 15.4 Å². The van der Waals surface area contributed by atoms with Crippen LogP contribution in [-0.2, 0) is 33.5 Å². The summed E-state index contributed by atoms with van der Waals surface area (Å²) in [6, 6.07) is 16.3. The fourth-order valence-electron chi connectivity index (χ4n) is 8.20. The zero-order valence-corrected chi connectivity index (χ0v) is 33.8. The molecule has 3 N–H and O–H groups in total. The number of hydrogen-bond acceptors (Lipinski definition) is 7. The van der Waals surface area contributed by atoms with E-state index >= 15 is 0 Å². The van der Waals surface area contributed by atoms with E-state index in [0.29, 0.717) is 11.4 Å². The molecule has 316 valence electrons. The molecule has 60 heavy (non-hydrogen) atoms. The first-order valence-electron chi connectivity index (χ1n) is 20.3. The van der Waals surface area contributed by atoms with Crippen molar-refractivity contribution in [3.05, 3.63) is 113 Å². The van der Waals surface area contributed by atoms with Crippen molar-refractivity contribution in [1.29, 1.82) is 0 Å². The summed E-state index contributed by atoms with van der Waals surface area (Å²) in [5.41, 5.74) is 2.94. The van der Waals surface area contributed by atoms with E-state index in [1.807, 2.05) is 24.5 Å². The first-order valence-corrected chi connectivity index (χ1v) is 20.3. The van der Waals surface area contributed by atoms with Crippen LogP contribution in [0.2, 0.25) is 0 Å². The molecule has 1 heterocycles. The van der Waals surface area contributed by atoms with Gasteiger partial charge in [-0.05, 0) is 103 Å². The maximum absolute atomic E-state index is 13.8. The summed E-state index contributed by atoms with van der Waals surface area (Å²) in [4.78, 5) is 60.9. The van der Waals surface area contributed by atoms with Gasteiger partial charge >= 0.3 is 12.1 Å². The Labute approximate surface area is 347 Å². The molecular weight excluding hydrogens is 776 g/mol. The van der Waals surface area contributed by atoms with Crippen molar-refractivity contribution in [2.24, 2.45) is 17.8 Å². The number of hydrogen-bond donors (Lipinski definition) is 3. The average molecular weight is 826 g/mol. The van der Waals surface area contributed by atoms with E-state index in [1.165, 1.54) is 92.5 Å². The van der Waals surface area contributed by atoms with Crippen LogP contribution in [0.25, 0.3) is 17.0 Å². The van der Waals surface area contributed by atoms with Gasteiger partial charge < -0.3 is 25.4 Å². The normalized spacial score (nSPS) is 17.9. The quantitative estimate of drug-likeness (QED) is 0.108. The van der Waals surface area contributed by atoms with Crippen molar-refractivity contribution in [3.8, 4) is 17.1 Å². The second-order valence-corrected chi connectivity index (χ2v) is 15.6. The Balaban J connectivity index is 1.08. The van der Waals surface area contributed by atoms with Crippen LogP contribution in [0, 0.1) is 17.8 Å². The van der Waals surface area contributed by atoms with Crippen molar-refractivity contribution in [2.75, 3.05) is 25.5 Å². The Morgan fingerprint density at radius 3 is 2.17 bits per heavy atom. The maximum atomic E-state index is 13.8. The van der Waals surface area contributed by atoms with E-state index in [-0.39, 0.29) is 29.1 Å². The van der Waals surface area contributed by atoms with E-state index in [9.17, 15) is 32.3 Å². The van der Waals surface area contributed by atoms with E-state index in [2.05, 4.69) is 33.6 Å². The van der Waals surface area contributed by atoms with Crippen molar-refractivity contribution >= 4 is 35.0 Å². The number of nitrogens with zero attached hydrogens (tertiary/aromatic N) is 3. The third kappa shape index (κ3) is 11.6. The van der Waals surface area contributed by atoms with Crippen LogP contribution >= 0.6 is 0 Å². The maximum Gasteiger partial charge on any atom is 0.416 e. The summed E-state index contributed by atoms with van der Waals surface area (Å²) < 4.78 is 45.9.